The van der Waals surface area contributed by atoms with Crippen molar-refractivity contribution in [3.63, 3.8) is 0 Å². The minimum atomic E-state index is 0.234. The molecule has 2 aromatic carbocycles. The summed E-state index contributed by atoms with van der Waals surface area (Å²) in [7, 11) is 0. The quantitative estimate of drug-likeness (QED) is 0.698. The number of hydrogen-bond acceptors (Lipinski definition) is 2. The number of phenols is 1. The Balaban J connectivity index is 2.01. The Labute approximate surface area is 136 Å². The molecule has 0 spiro atoms. The summed E-state index contributed by atoms with van der Waals surface area (Å²) in [5.41, 5.74) is 3.57. The average molecular weight is 399 g/mol. The summed E-state index contributed by atoms with van der Waals surface area (Å²) < 4.78 is 1.39. The molecular weight excluding hydrogens is 382 g/mol. The highest BCUT2D eigenvalue weighted by Crippen LogP contribution is 2.33. The van der Waals surface area contributed by atoms with Crippen LogP contribution in [0.3, 0.4) is 0 Å². The first kappa shape index (κ1) is 15.4. The summed E-state index contributed by atoms with van der Waals surface area (Å²) in [5, 5.41) is 13.1. The molecule has 0 amide bonds. The van der Waals surface area contributed by atoms with Gasteiger partial charge in [-0.2, -0.15) is 0 Å². The predicted molar refractivity (Wildman–Crippen MR) is 91.3 cm³/mol. The maximum absolute atomic E-state index is 9.68. The lowest BCUT2D eigenvalue weighted by Gasteiger charge is -2.09. The second-order valence-corrected chi connectivity index (χ2v) is 6.42. The molecule has 2 nitrogen and oxygen atoms in total. The molecule has 4 heteroatoms. The van der Waals surface area contributed by atoms with E-state index in [0.717, 1.165) is 17.7 Å². The summed E-state index contributed by atoms with van der Waals surface area (Å²) in [6.07, 6.45) is 2.29. The Morgan fingerprint density at radius 2 is 1.60 bits per heavy atom. The van der Waals surface area contributed by atoms with E-state index in [1.807, 2.05) is 12.1 Å². The third-order valence-corrected chi connectivity index (χ3v) is 4.27. The van der Waals surface area contributed by atoms with Gasteiger partial charge in [0, 0.05) is 12.2 Å². The zero-order valence-corrected chi connectivity index (χ0v) is 14.5. The lowest BCUT2D eigenvalue weighted by Crippen LogP contribution is -1.99. The summed E-state index contributed by atoms with van der Waals surface area (Å²) >= 11 is 6.68. The van der Waals surface area contributed by atoms with Gasteiger partial charge in [-0.3, -0.25) is 0 Å². The minimum Gasteiger partial charge on any atom is -0.506 e. The number of nitrogens with one attached hydrogen (secondary N) is 1. The van der Waals surface area contributed by atoms with Crippen LogP contribution in [0.2, 0.25) is 0 Å². The molecule has 20 heavy (non-hydrogen) atoms. The minimum absolute atomic E-state index is 0.234. The average Bonchev–Trinajstić information content (AvgIpc) is 2.44. The SMILES string of the molecule is CCCc1ccc(NCc2cc(Br)c(O)c(Br)c2)cc1. The molecule has 0 bridgehead atoms. The second-order valence-electron chi connectivity index (χ2n) is 4.71. The number of aromatic hydroxyl groups is 1. The van der Waals surface area contributed by atoms with Crippen LogP contribution < -0.4 is 5.32 Å². The molecule has 0 aliphatic rings. The molecule has 0 aliphatic heterocycles. The topological polar surface area (TPSA) is 32.3 Å². The molecule has 0 heterocycles. The maximum atomic E-state index is 9.68. The van der Waals surface area contributed by atoms with Crippen LogP contribution in [0.5, 0.6) is 5.75 Å². The molecule has 0 radical (unpaired) electrons. The smallest absolute Gasteiger partial charge is 0.143 e. The summed E-state index contributed by atoms with van der Waals surface area (Å²) in [6, 6.07) is 12.4. The number of benzene rings is 2. The van der Waals surface area contributed by atoms with Crippen molar-refractivity contribution in [3.05, 3.63) is 56.5 Å². The Kier molecular flexibility index (Phi) is 5.49. The first-order valence-electron chi connectivity index (χ1n) is 6.60. The van der Waals surface area contributed by atoms with E-state index in [0.29, 0.717) is 15.5 Å². The van der Waals surface area contributed by atoms with Gasteiger partial charge in [-0.25, -0.2) is 0 Å². The van der Waals surface area contributed by atoms with Crippen LogP contribution in [-0.4, -0.2) is 5.11 Å². The van der Waals surface area contributed by atoms with E-state index in [9.17, 15) is 5.11 Å². The monoisotopic (exact) mass is 397 g/mol. The first-order chi connectivity index (χ1) is 9.60. The fourth-order valence-electron chi connectivity index (χ4n) is 2.00. The molecule has 106 valence electrons. The van der Waals surface area contributed by atoms with Crippen molar-refractivity contribution in [3.8, 4) is 5.75 Å². The number of anilines is 1. The van der Waals surface area contributed by atoms with Crippen molar-refractivity contribution < 1.29 is 5.11 Å². The molecule has 2 rings (SSSR count). The van der Waals surface area contributed by atoms with Gasteiger partial charge in [-0.1, -0.05) is 25.5 Å². The van der Waals surface area contributed by atoms with Gasteiger partial charge in [-0.05, 0) is 73.7 Å². The van der Waals surface area contributed by atoms with Crippen LogP contribution in [0.25, 0.3) is 0 Å². The second kappa shape index (κ2) is 7.14. The molecule has 2 aromatic rings. The van der Waals surface area contributed by atoms with E-state index in [1.54, 1.807) is 0 Å². The maximum Gasteiger partial charge on any atom is 0.143 e. The van der Waals surface area contributed by atoms with Crippen molar-refractivity contribution in [2.45, 2.75) is 26.3 Å². The fourth-order valence-corrected chi connectivity index (χ4v) is 3.28. The largest absolute Gasteiger partial charge is 0.506 e. The number of halogens is 2. The normalized spacial score (nSPS) is 10.6. The molecule has 0 unspecified atom stereocenters. The molecular formula is C16H17Br2NO. The zero-order valence-electron chi connectivity index (χ0n) is 11.3. The van der Waals surface area contributed by atoms with Gasteiger partial charge >= 0.3 is 0 Å². The van der Waals surface area contributed by atoms with Crippen LogP contribution in [0.4, 0.5) is 5.69 Å². The standard InChI is InChI=1S/C16H17Br2NO/c1-2-3-11-4-6-13(7-5-11)19-10-12-8-14(17)16(20)15(18)9-12/h4-9,19-20H,2-3,10H2,1H3. The number of rotatable bonds is 5. The Hall–Kier alpha value is -1.000. The van der Waals surface area contributed by atoms with Crippen LogP contribution in [-0.2, 0) is 13.0 Å². The van der Waals surface area contributed by atoms with Crippen LogP contribution in [0.15, 0.2) is 45.3 Å². The zero-order chi connectivity index (χ0) is 14.5. The van der Waals surface area contributed by atoms with E-state index in [4.69, 9.17) is 0 Å². The van der Waals surface area contributed by atoms with Gasteiger partial charge in [-0.15, -0.1) is 0 Å². The summed E-state index contributed by atoms with van der Waals surface area (Å²) in [4.78, 5) is 0. The van der Waals surface area contributed by atoms with Crippen molar-refractivity contribution in [1.82, 2.24) is 0 Å². The third kappa shape index (κ3) is 4.00. The van der Waals surface area contributed by atoms with E-state index in [-0.39, 0.29) is 5.75 Å². The Morgan fingerprint density at radius 3 is 2.15 bits per heavy atom. The van der Waals surface area contributed by atoms with Crippen molar-refractivity contribution in [2.24, 2.45) is 0 Å². The number of phenolic OH excluding ortho intramolecular Hbond substituents is 1. The van der Waals surface area contributed by atoms with Gasteiger partial charge in [0.05, 0.1) is 8.95 Å². The molecule has 0 aromatic heterocycles. The van der Waals surface area contributed by atoms with E-state index in [1.165, 1.54) is 12.0 Å². The highest BCUT2D eigenvalue weighted by molar-refractivity contribution is 9.11. The molecule has 0 aliphatic carbocycles. The molecule has 0 saturated carbocycles. The third-order valence-electron chi connectivity index (χ3n) is 3.07. The number of hydrogen-bond donors (Lipinski definition) is 2. The highest BCUT2D eigenvalue weighted by atomic mass is 79.9. The van der Waals surface area contributed by atoms with Gasteiger partial charge in [0.15, 0.2) is 0 Å². The first-order valence-corrected chi connectivity index (χ1v) is 8.18. The van der Waals surface area contributed by atoms with Gasteiger partial charge in [0.1, 0.15) is 5.75 Å². The lowest BCUT2D eigenvalue weighted by molar-refractivity contribution is 0.468. The van der Waals surface area contributed by atoms with E-state index < -0.39 is 0 Å². The summed E-state index contributed by atoms with van der Waals surface area (Å²) in [6.45, 7) is 2.90. The number of aryl methyl sites for hydroxylation is 1. The Morgan fingerprint density at radius 1 is 1.00 bits per heavy atom. The van der Waals surface area contributed by atoms with Crippen molar-refractivity contribution in [1.29, 1.82) is 0 Å². The highest BCUT2D eigenvalue weighted by Gasteiger charge is 2.05. The lowest BCUT2D eigenvalue weighted by atomic mass is 10.1. The van der Waals surface area contributed by atoms with E-state index >= 15 is 0 Å². The predicted octanol–water partition coefficient (Wildman–Crippen LogP) is 5.48. The van der Waals surface area contributed by atoms with Gasteiger partial charge in [0.25, 0.3) is 0 Å². The molecule has 0 atom stereocenters. The molecule has 2 N–H and O–H groups in total. The molecule has 0 fully saturated rings. The fraction of sp³-hybridized carbons (Fsp3) is 0.250. The summed E-state index contributed by atoms with van der Waals surface area (Å²) in [5.74, 6) is 0.234. The van der Waals surface area contributed by atoms with Gasteiger partial charge < -0.3 is 10.4 Å². The van der Waals surface area contributed by atoms with Crippen molar-refractivity contribution in [2.75, 3.05) is 5.32 Å². The van der Waals surface area contributed by atoms with Crippen LogP contribution in [0.1, 0.15) is 24.5 Å². The van der Waals surface area contributed by atoms with Crippen LogP contribution in [0, 0.1) is 0 Å². The van der Waals surface area contributed by atoms with Crippen LogP contribution >= 0.6 is 31.9 Å². The molecule has 0 saturated heterocycles. The Bertz CT molecular complexity index is 559. The van der Waals surface area contributed by atoms with Gasteiger partial charge in [0.2, 0.25) is 0 Å². The van der Waals surface area contributed by atoms with Crippen molar-refractivity contribution >= 4 is 37.5 Å². The van der Waals surface area contributed by atoms with E-state index in [2.05, 4.69) is 68.4 Å².